The van der Waals surface area contributed by atoms with Crippen LogP contribution >= 0.6 is 0 Å². The zero-order valence-corrected chi connectivity index (χ0v) is 14.6. The normalized spacial score (nSPS) is 11.4. The number of aliphatic carboxylic acids is 1. The SMILES string of the molecule is CCCNC(=O)c1ccccc1NC(=O)CC(C(=O)O)c1ccccc1. The van der Waals surface area contributed by atoms with Gasteiger partial charge in [-0.2, -0.15) is 0 Å². The van der Waals surface area contributed by atoms with Gasteiger partial charge in [0.2, 0.25) is 5.91 Å². The van der Waals surface area contributed by atoms with Crippen LogP contribution in [-0.4, -0.2) is 29.4 Å². The Balaban J connectivity index is 2.12. The minimum atomic E-state index is -1.07. The summed E-state index contributed by atoms with van der Waals surface area (Å²) in [5.41, 5.74) is 1.27. The lowest BCUT2D eigenvalue weighted by molar-refractivity contribution is -0.140. The summed E-state index contributed by atoms with van der Waals surface area (Å²) in [7, 11) is 0. The van der Waals surface area contributed by atoms with Crippen molar-refractivity contribution in [3.63, 3.8) is 0 Å². The Kier molecular flexibility index (Phi) is 6.91. The van der Waals surface area contributed by atoms with Gasteiger partial charge < -0.3 is 15.7 Å². The van der Waals surface area contributed by atoms with Crippen molar-refractivity contribution >= 4 is 23.5 Å². The molecular weight excluding hydrogens is 332 g/mol. The van der Waals surface area contributed by atoms with Crippen LogP contribution in [-0.2, 0) is 9.59 Å². The lowest BCUT2D eigenvalue weighted by Gasteiger charge is -2.14. The quantitative estimate of drug-likeness (QED) is 0.679. The first-order valence-corrected chi connectivity index (χ1v) is 8.47. The van der Waals surface area contributed by atoms with E-state index in [1.54, 1.807) is 54.6 Å². The predicted molar refractivity (Wildman–Crippen MR) is 99.1 cm³/mol. The Morgan fingerprint density at radius 1 is 1.00 bits per heavy atom. The third-order valence-electron chi connectivity index (χ3n) is 3.87. The maximum Gasteiger partial charge on any atom is 0.311 e. The number of rotatable bonds is 8. The molecule has 0 aromatic heterocycles. The Morgan fingerprint density at radius 2 is 1.65 bits per heavy atom. The lowest BCUT2D eigenvalue weighted by atomic mass is 9.95. The second kappa shape index (κ2) is 9.36. The molecular formula is C20H22N2O4. The molecule has 6 nitrogen and oxygen atoms in total. The maximum atomic E-state index is 12.4. The van der Waals surface area contributed by atoms with Crippen molar-refractivity contribution in [2.24, 2.45) is 0 Å². The molecule has 0 aliphatic heterocycles. The number of benzene rings is 2. The van der Waals surface area contributed by atoms with Crippen LogP contribution in [0.15, 0.2) is 54.6 Å². The molecule has 1 atom stereocenters. The smallest absolute Gasteiger partial charge is 0.311 e. The summed E-state index contributed by atoms with van der Waals surface area (Å²) in [6, 6.07) is 15.3. The van der Waals surface area contributed by atoms with Crippen LogP contribution in [0.25, 0.3) is 0 Å². The Morgan fingerprint density at radius 3 is 2.31 bits per heavy atom. The lowest BCUT2D eigenvalue weighted by Crippen LogP contribution is -2.26. The highest BCUT2D eigenvalue weighted by molar-refractivity contribution is 6.04. The molecule has 2 aromatic carbocycles. The van der Waals surface area contributed by atoms with Gasteiger partial charge in [-0.05, 0) is 24.1 Å². The number of hydrogen-bond acceptors (Lipinski definition) is 3. The summed E-state index contributed by atoms with van der Waals surface area (Å²) in [6.07, 6.45) is 0.585. The van der Waals surface area contributed by atoms with Crippen molar-refractivity contribution in [2.75, 3.05) is 11.9 Å². The van der Waals surface area contributed by atoms with Crippen molar-refractivity contribution in [3.05, 3.63) is 65.7 Å². The topological polar surface area (TPSA) is 95.5 Å². The molecule has 0 saturated carbocycles. The highest BCUT2D eigenvalue weighted by Crippen LogP contribution is 2.22. The third kappa shape index (κ3) is 5.17. The summed E-state index contributed by atoms with van der Waals surface area (Å²) in [5, 5.41) is 14.9. The fourth-order valence-electron chi connectivity index (χ4n) is 2.54. The summed E-state index contributed by atoms with van der Waals surface area (Å²) in [6.45, 7) is 2.49. The summed E-state index contributed by atoms with van der Waals surface area (Å²) >= 11 is 0. The molecule has 3 N–H and O–H groups in total. The number of nitrogens with one attached hydrogen (secondary N) is 2. The molecule has 2 rings (SSSR count). The molecule has 136 valence electrons. The van der Waals surface area contributed by atoms with E-state index in [0.29, 0.717) is 23.4 Å². The van der Waals surface area contributed by atoms with Gasteiger partial charge in [-0.15, -0.1) is 0 Å². The molecule has 6 heteroatoms. The zero-order chi connectivity index (χ0) is 18.9. The minimum absolute atomic E-state index is 0.218. The molecule has 0 aliphatic rings. The third-order valence-corrected chi connectivity index (χ3v) is 3.87. The Hall–Kier alpha value is -3.15. The standard InChI is InChI=1S/C20H22N2O4/c1-2-12-21-19(24)15-10-6-7-11-17(15)22-18(23)13-16(20(25)26)14-8-4-3-5-9-14/h3-11,16H,2,12-13H2,1H3,(H,21,24)(H,22,23)(H,25,26). The van der Waals surface area contributed by atoms with E-state index in [9.17, 15) is 19.5 Å². The van der Waals surface area contributed by atoms with Crippen molar-refractivity contribution < 1.29 is 19.5 Å². The van der Waals surface area contributed by atoms with Crippen LogP contribution in [0.4, 0.5) is 5.69 Å². The molecule has 1 unspecified atom stereocenters. The van der Waals surface area contributed by atoms with E-state index in [0.717, 1.165) is 6.42 Å². The maximum absolute atomic E-state index is 12.4. The molecule has 0 fully saturated rings. The van der Waals surface area contributed by atoms with Crippen LogP contribution in [0.3, 0.4) is 0 Å². The Labute approximate surface area is 152 Å². The van der Waals surface area contributed by atoms with E-state index in [2.05, 4.69) is 10.6 Å². The van der Waals surface area contributed by atoms with Crippen molar-refractivity contribution in [1.29, 1.82) is 0 Å². The molecule has 0 saturated heterocycles. The van der Waals surface area contributed by atoms with Gasteiger partial charge in [0.05, 0.1) is 17.2 Å². The highest BCUT2D eigenvalue weighted by Gasteiger charge is 2.23. The van der Waals surface area contributed by atoms with Crippen LogP contribution < -0.4 is 10.6 Å². The van der Waals surface area contributed by atoms with Crippen molar-refractivity contribution in [3.8, 4) is 0 Å². The van der Waals surface area contributed by atoms with Crippen molar-refractivity contribution in [2.45, 2.75) is 25.7 Å². The number of hydrogen-bond donors (Lipinski definition) is 3. The van der Waals surface area contributed by atoms with Crippen LogP contribution in [0.2, 0.25) is 0 Å². The molecule has 0 heterocycles. The second-order valence-corrected chi connectivity index (χ2v) is 5.86. The van der Waals surface area contributed by atoms with Gasteiger partial charge in [0, 0.05) is 13.0 Å². The number of carbonyl (C=O) groups is 3. The highest BCUT2D eigenvalue weighted by atomic mass is 16.4. The molecule has 0 radical (unpaired) electrons. The van der Waals surface area contributed by atoms with Gasteiger partial charge in [-0.1, -0.05) is 49.4 Å². The predicted octanol–water partition coefficient (Wildman–Crippen LogP) is 3.02. The average molecular weight is 354 g/mol. The summed E-state index contributed by atoms with van der Waals surface area (Å²) in [5.74, 6) is -2.75. The van der Waals surface area contributed by atoms with E-state index in [-0.39, 0.29) is 12.3 Å². The fraction of sp³-hybridized carbons (Fsp3) is 0.250. The number of carboxylic acid groups (broad SMARTS) is 1. The number of anilines is 1. The molecule has 0 aliphatic carbocycles. The molecule has 2 amide bonds. The molecule has 26 heavy (non-hydrogen) atoms. The fourth-order valence-corrected chi connectivity index (χ4v) is 2.54. The Bertz CT molecular complexity index is 774. The number of carbonyl (C=O) groups excluding carboxylic acids is 2. The van der Waals surface area contributed by atoms with E-state index in [4.69, 9.17) is 0 Å². The van der Waals surface area contributed by atoms with Gasteiger partial charge >= 0.3 is 5.97 Å². The van der Waals surface area contributed by atoms with Gasteiger partial charge in [-0.3, -0.25) is 14.4 Å². The first-order chi connectivity index (χ1) is 12.5. The summed E-state index contributed by atoms with van der Waals surface area (Å²) in [4.78, 5) is 36.1. The van der Waals surface area contributed by atoms with Crippen molar-refractivity contribution in [1.82, 2.24) is 5.32 Å². The second-order valence-electron chi connectivity index (χ2n) is 5.86. The van der Waals surface area contributed by atoms with E-state index in [1.165, 1.54) is 0 Å². The number of para-hydroxylation sites is 1. The minimum Gasteiger partial charge on any atom is -0.481 e. The first-order valence-electron chi connectivity index (χ1n) is 8.47. The van der Waals surface area contributed by atoms with Gasteiger partial charge in [-0.25, -0.2) is 0 Å². The van der Waals surface area contributed by atoms with E-state index < -0.39 is 17.8 Å². The zero-order valence-electron chi connectivity index (χ0n) is 14.6. The number of carboxylic acids is 1. The monoisotopic (exact) mass is 354 g/mol. The van der Waals surface area contributed by atoms with Gasteiger partial charge in [0.1, 0.15) is 0 Å². The van der Waals surface area contributed by atoms with Crippen LogP contribution in [0, 0.1) is 0 Å². The molecule has 2 aromatic rings. The van der Waals surface area contributed by atoms with E-state index in [1.807, 2.05) is 6.92 Å². The summed E-state index contributed by atoms with van der Waals surface area (Å²) < 4.78 is 0. The van der Waals surface area contributed by atoms with E-state index >= 15 is 0 Å². The first kappa shape index (κ1) is 19.2. The van der Waals surface area contributed by atoms with Gasteiger partial charge in [0.15, 0.2) is 0 Å². The molecule has 0 spiro atoms. The van der Waals surface area contributed by atoms with Crippen LogP contribution in [0.5, 0.6) is 0 Å². The largest absolute Gasteiger partial charge is 0.481 e. The number of amides is 2. The average Bonchev–Trinajstić information content (AvgIpc) is 2.65. The van der Waals surface area contributed by atoms with Gasteiger partial charge in [0.25, 0.3) is 5.91 Å². The molecule has 0 bridgehead atoms. The van der Waals surface area contributed by atoms with Crippen LogP contribution in [0.1, 0.15) is 41.6 Å².